The second-order valence-electron chi connectivity index (χ2n) is 3.16. The molecule has 1 aromatic carbocycles. The first-order chi connectivity index (χ1) is 6.70. The Labute approximate surface area is 95.4 Å². The molecule has 1 atom stereocenters. The molecule has 0 heterocycles. The minimum atomic E-state index is 0.297. The van der Waals surface area contributed by atoms with Gasteiger partial charge in [-0.2, -0.15) is 0 Å². The summed E-state index contributed by atoms with van der Waals surface area (Å²) in [5.74, 6) is 0. The van der Waals surface area contributed by atoms with E-state index in [4.69, 9.17) is 23.2 Å². The largest absolute Gasteiger partial charge is 0.310 e. The molecule has 0 saturated carbocycles. The lowest BCUT2D eigenvalue weighted by Crippen LogP contribution is -2.20. The molecule has 78 valence electrons. The van der Waals surface area contributed by atoms with Crippen molar-refractivity contribution in [2.45, 2.75) is 26.3 Å². The van der Waals surface area contributed by atoms with E-state index in [1.165, 1.54) is 0 Å². The van der Waals surface area contributed by atoms with Crippen molar-refractivity contribution in [3.8, 4) is 0 Å². The van der Waals surface area contributed by atoms with Crippen LogP contribution >= 0.6 is 23.2 Å². The van der Waals surface area contributed by atoms with Crippen LogP contribution in [0.1, 0.15) is 31.9 Å². The fourth-order valence-electron chi connectivity index (χ4n) is 1.51. The van der Waals surface area contributed by atoms with Gasteiger partial charge in [0, 0.05) is 6.04 Å². The molecule has 0 spiro atoms. The minimum Gasteiger partial charge on any atom is -0.310 e. The van der Waals surface area contributed by atoms with Crippen molar-refractivity contribution in [2.24, 2.45) is 0 Å². The molecular formula is C11H15Cl2N. The Bertz CT molecular complexity index is 299. The van der Waals surface area contributed by atoms with Crippen LogP contribution in [0, 0.1) is 0 Å². The molecular weight excluding hydrogens is 217 g/mol. The van der Waals surface area contributed by atoms with Crippen LogP contribution in [0.2, 0.25) is 10.0 Å². The molecule has 0 bridgehead atoms. The molecule has 14 heavy (non-hydrogen) atoms. The number of halogens is 2. The van der Waals surface area contributed by atoms with Gasteiger partial charge in [0.05, 0.1) is 10.0 Å². The van der Waals surface area contributed by atoms with E-state index >= 15 is 0 Å². The summed E-state index contributed by atoms with van der Waals surface area (Å²) >= 11 is 12.1. The predicted octanol–water partition coefficient (Wildman–Crippen LogP) is 4.05. The van der Waals surface area contributed by atoms with Crippen LogP contribution in [0.5, 0.6) is 0 Å². The van der Waals surface area contributed by atoms with Crippen LogP contribution < -0.4 is 5.32 Å². The molecule has 1 N–H and O–H groups in total. The van der Waals surface area contributed by atoms with Gasteiger partial charge < -0.3 is 5.32 Å². The second-order valence-corrected chi connectivity index (χ2v) is 3.95. The van der Waals surface area contributed by atoms with E-state index in [0.717, 1.165) is 18.5 Å². The number of rotatable bonds is 4. The van der Waals surface area contributed by atoms with Crippen molar-refractivity contribution in [3.05, 3.63) is 33.8 Å². The van der Waals surface area contributed by atoms with Gasteiger partial charge in [-0.3, -0.25) is 0 Å². The first-order valence-electron chi connectivity index (χ1n) is 4.88. The maximum atomic E-state index is 6.13. The van der Waals surface area contributed by atoms with Crippen molar-refractivity contribution in [1.29, 1.82) is 0 Å². The molecule has 0 amide bonds. The average molecular weight is 232 g/mol. The molecule has 0 aliphatic heterocycles. The van der Waals surface area contributed by atoms with E-state index in [1.54, 1.807) is 0 Å². The average Bonchev–Trinajstić information content (AvgIpc) is 2.19. The van der Waals surface area contributed by atoms with E-state index in [0.29, 0.717) is 16.1 Å². The SMILES string of the molecule is CCN[C@@H](CC)c1cccc(Cl)c1Cl. The van der Waals surface area contributed by atoms with E-state index in [-0.39, 0.29) is 0 Å². The summed E-state index contributed by atoms with van der Waals surface area (Å²) in [6.45, 7) is 5.15. The molecule has 3 heteroatoms. The molecule has 0 aromatic heterocycles. The van der Waals surface area contributed by atoms with Crippen LogP contribution in [0.3, 0.4) is 0 Å². The number of benzene rings is 1. The molecule has 1 aromatic rings. The third kappa shape index (κ3) is 2.63. The fraction of sp³-hybridized carbons (Fsp3) is 0.455. The molecule has 0 unspecified atom stereocenters. The van der Waals surface area contributed by atoms with Crippen LogP contribution in [-0.2, 0) is 0 Å². The Kier molecular flexibility index (Phi) is 4.73. The lowest BCUT2D eigenvalue weighted by molar-refractivity contribution is 0.537. The molecule has 1 nitrogen and oxygen atoms in total. The zero-order valence-corrected chi connectivity index (χ0v) is 9.99. The monoisotopic (exact) mass is 231 g/mol. The minimum absolute atomic E-state index is 0.297. The van der Waals surface area contributed by atoms with E-state index in [1.807, 2.05) is 18.2 Å². The van der Waals surface area contributed by atoms with Gasteiger partial charge in [-0.15, -0.1) is 0 Å². The van der Waals surface area contributed by atoms with Crippen molar-refractivity contribution < 1.29 is 0 Å². The Balaban J connectivity index is 2.97. The summed E-state index contributed by atoms with van der Waals surface area (Å²) in [4.78, 5) is 0. The van der Waals surface area contributed by atoms with Crippen molar-refractivity contribution in [1.82, 2.24) is 5.32 Å². The van der Waals surface area contributed by atoms with E-state index < -0.39 is 0 Å². The highest BCUT2D eigenvalue weighted by Gasteiger charge is 2.12. The quantitative estimate of drug-likeness (QED) is 0.825. The van der Waals surface area contributed by atoms with Gasteiger partial charge in [0.2, 0.25) is 0 Å². The van der Waals surface area contributed by atoms with Gasteiger partial charge >= 0.3 is 0 Å². The van der Waals surface area contributed by atoms with E-state index in [9.17, 15) is 0 Å². The second kappa shape index (κ2) is 5.59. The highest BCUT2D eigenvalue weighted by Crippen LogP contribution is 2.30. The van der Waals surface area contributed by atoms with Gasteiger partial charge in [-0.05, 0) is 24.6 Å². The smallest absolute Gasteiger partial charge is 0.0640 e. The van der Waals surface area contributed by atoms with E-state index in [2.05, 4.69) is 19.2 Å². The lowest BCUT2D eigenvalue weighted by atomic mass is 10.0. The molecule has 1 rings (SSSR count). The molecule has 0 saturated heterocycles. The third-order valence-corrected chi connectivity index (χ3v) is 3.05. The maximum Gasteiger partial charge on any atom is 0.0640 e. The Morgan fingerprint density at radius 1 is 1.29 bits per heavy atom. The topological polar surface area (TPSA) is 12.0 Å². The first kappa shape index (κ1) is 11.8. The summed E-state index contributed by atoms with van der Waals surface area (Å²) in [6.07, 6.45) is 1.01. The summed E-state index contributed by atoms with van der Waals surface area (Å²) in [6, 6.07) is 6.06. The number of hydrogen-bond acceptors (Lipinski definition) is 1. The normalized spacial score (nSPS) is 12.9. The highest BCUT2D eigenvalue weighted by atomic mass is 35.5. The van der Waals surface area contributed by atoms with Crippen molar-refractivity contribution in [3.63, 3.8) is 0 Å². The summed E-state index contributed by atoms with van der Waals surface area (Å²) in [5, 5.41) is 4.67. The van der Waals surface area contributed by atoms with Gasteiger partial charge in [0.1, 0.15) is 0 Å². The van der Waals surface area contributed by atoms with Gasteiger partial charge in [0.25, 0.3) is 0 Å². The summed E-state index contributed by atoms with van der Waals surface area (Å²) in [7, 11) is 0. The van der Waals surface area contributed by atoms with Crippen molar-refractivity contribution in [2.75, 3.05) is 6.54 Å². The fourth-order valence-corrected chi connectivity index (χ4v) is 1.95. The predicted molar refractivity (Wildman–Crippen MR) is 63.2 cm³/mol. The van der Waals surface area contributed by atoms with Crippen LogP contribution in [-0.4, -0.2) is 6.54 Å². The zero-order valence-electron chi connectivity index (χ0n) is 8.48. The standard InChI is InChI=1S/C11H15Cl2N/c1-3-10(14-4-2)8-6-5-7-9(12)11(8)13/h5-7,10,14H,3-4H2,1-2H3/t10-/m0/s1. The summed E-state index contributed by atoms with van der Waals surface area (Å²) in [5.41, 5.74) is 1.09. The Hall–Kier alpha value is -0.240. The zero-order chi connectivity index (χ0) is 10.6. The van der Waals surface area contributed by atoms with Gasteiger partial charge in [-0.1, -0.05) is 49.2 Å². The van der Waals surface area contributed by atoms with Crippen LogP contribution in [0.4, 0.5) is 0 Å². The van der Waals surface area contributed by atoms with Crippen LogP contribution in [0.15, 0.2) is 18.2 Å². The molecule has 0 aliphatic rings. The maximum absolute atomic E-state index is 6.13. The van der Waals surface area contributed by atoms with Crippen LogP contribution in [0.25, 0.3) is 0 Å². The molecule has 0 fully saturated rings. The highest BCUT2D eigenvalue weighted by molar-refractivity contribution is 6.42. The van der Waals surface area contributed by atoms with Crippen molar-refractivity contribution >= 4 is 23.2 Å². The van der Waals surface area contributed by atoms with Gasteiger partial charge in [0.15, 0.2) is 0 Å². The number of nitrogens with one attached hydrogen (secondary N) is 1. The Morgan fingerprint density at radius 2 is 2.00 bits per heavy atom. The number of hydrogen-bond donors (Lipinski definition) is 1. The third-order valence-electron chi connectivity index (χ3n) is 2.22. The molecule has 0 aliphatic carbocycles. The van der Waals surface area contributed by atoms with Gasteiger partial charge in [-0.25, -0.2) is 0 Å². The Morgan fingerprint density at radius 3 is 2.57 bits per heavy atom. The molecule has 0 radical (unpaired) electrons. The first-order valence-corrected chi connectivity index (χ1v) is 5.63. The lowest BCUT2D eigenvalue weighted by Gasteiger charge is -2.18. The summed E-state index contributed by atoms with van der Waals surface area (Å²) < 4.78 is 0.